The van der Waals surface area contributed by atoms with Crippen molar-refractivity contribution >= 4 is 15.7 Å². The van der Waals surface area contributed by atoms with Crippen LogP contribution in [0.1, 0.15) is 18.1 Å². The summed E-state index contributed by atoms with van der Waals surface area (Å²) >= 11 is 0. The fraction of sp³-hybridized carbons (Fsp3) is 0.538. The number of hydrogen-bond acceptors (Lipinski definition) is 3. The minimum absolute atomic E-state index is 0.442. The number of hydrogen-bond donors (Lipinski definition) is 1. The van der Waals surface area contributed by atoms with E-state index in [2.05, 4.69) is 5.32 Å². The number of sulfonamides is 1. The first kappa shape index (κ1) is 15.0. The Balaban J connectivity index is 3.10. The maximum atomic E-state index is 12.3. The molecule has 0 aliphatic rings. The molecule has 0 aliphatic carbocycles. The average Bonchev–Trinajstić information content (AvgIpc) is 2.28. The molecule has 4 nitrogen and oxygen atoms in total. The van der Waals surface area contributed by atoms with Crippen LogP contribution in [0.3, 0.4) is 0 Å². The van der Waals surface area contributed by atoms with Crippen molar-refractivity contribution < 1.29 is 8.42 Å². The molecule has 0 radical (unpaired) electrons. The van der Waals surface area contributed by atoms with Gasteiger partial charge in [-0.3, -0.25) is 4.31 Å². The van der Waals surface area contributed by atoms with Gasteiger partial charge in [0.1, 0.15) is 0 Å². The molecule has 0 amide bonds. The van der Waals surface area contributed by atoms with E-state index < -0.39 is 15.3 Å². The van der Waals surface area contributed by atoms with E-state index in [0.29, 0.717) is 6.54 Å². The minimum atomic E-state index is -3.32. The molecule has 1 unspecified atom stereocenters. The van der Waals surface area contributed by atoms with Crippen LogP contribution in [0, 0.1) is 13.8 Å². The van der Waals surface area contributed by atoms with Gasteiger partial charge in [0.05, 0.1) is 10.9 Å². The molecule has 0 fully saturated rings. The fourth-order valence-electron chi connectivity index (χ4n) is 1.96. The number of nitrogens with zero attached hydrogens (tertiary/aromatic N) is 1. The monoisotopic (exact) mass is 270 g/mol. The lowest BCUT2D eigenvalue weighted by Crippen LogP contribution is -2.39. The standard InChI is InChI=1S/C13H22N2O2S/c1-10-6-7-13(11(2)8-10)15(5)18(16,17)12(3)9-14-4/h6-8,12,14H,9H2,1-5H3. The van der Waals surface area contributed by atoms with Crippen molar-refractivity contribution in [1.29, 1.82) is 0 Å². The predicted molar refractivity (Wildman–Crippen MR) is 76.6 cm³/mol. The van der Waals surface area contributed by atoms with Crippen LogP contribution in [-0.2, 0) is 10.0 Å². The maximum Gasteiger partial charge on any atom is 0.238 e. The van der Waals surface area contributed by atoms with E-state index in [1.165, 1.54) is 4.31 Å². The second-order valence-electron chi connectivity index (χ2n) is 4.67. The van der Waals surface area contributed by atoms with Crippen molar-refractivity contribution in [3.05, 3.63) is 29.3 Å². The third kappa shape index (κ3) is 3.03. The molecule has 5 heteroatoms. The molecule has 0 spiro atoms. The van der Waals surface area contributed by atoms with Crippen molar-refractivity contribution in [2.45, 2.75) is 26.0 Å². The summed E-state index contributed by atoms with van der Waals surface area (Å²) in [5, 5.41) is 2.45. The summed E-state index contributed by atoms with van der Waals surface area (Å²) in [5.74, 6) is 0. The largest absolute Gasteiger partial charge is 0.318 e. The van der Waals surface area contributed by atoms with E-state index in [-0.39, 0.29) is 0 Å². The molecule has 1 atom stereocenters. The summed E-state index contributed by atoms with van der Waals surface area (Å²) < 4.78 is 26.1. The summed E-state index contributed by atoms with van der Waals surface area (Å²) in [5.41, 5.74) is 2.84. The number of benzene rings is 1. The first-order valence-corrected chi connectivity index (χ1v) is 7.50. The zero-order chi connectivity index (χ0) is 13.9. The zero-order valence-corrected chi connectivity index (χ0v) is 12.5. The van der Waals surface area contributed by atoms with Gasteiger partial charge in [-0.1, -0.05) is 17.7 Å². The number of nitrogens with one attached hydrogen (secondary N) is 1. The third-order valence-corrected chi connectivity index (χ3v) is 5.22. The van der Waals surface area contributed by atoms with Gasteiger partial charge in [-0.05, 0) is 39.4 Å². The highest BCUT2D eigenvalue weighted by molar-refractivity contribution is 7.93. The van der Waals surface area contributed by atoms with Crippen LogP contribution in [0.25, 0.3) is 0 Å². The number of rotatable bonds is 5. The first-order valence-electron chi connectivity index (χ1n) is 6.00. The molecule has 0 bridgehead atoms. The third-order valence-electron chi connectivity index (χ3n) is 3.07. The van der Waals surface area contributed by atoms with E-state index in [0.717, 1.165) is 16.8 Å². The number of aryl methyl sites for hydroxylation is 2. The molecule has 0 aliphatic heterocycles. The highest BCUT2D eigenvalue weighted by Crippen LogP contribution is 2.23. The Bertz CT molecular complexity index is 512. The van der Waals surface area contributed by atoms with E-state index >= 15 is 0 Å². The van der Waals surface area contributed by atoms with Gasteiger partial charge in [0.2, 0.25) is 10.0 Å². The average molecular weight is 270 g/mol. The molecular formula is C13H22N2O2S. The van der Waals surface area contributed by atoms with E-state index in [9.17, 15) is 8.42 Å². The highest BCUT2D eigenvalue weighted by atomic mass is 32.2. The van der Waals surface area contributed by atoms with Crippen molar-refractivity contribution in [3.63, 3.8) is 0 Å². The van der Waals surface area contributed by atoms with Gasteiger partial charge in [-0.15, -0.1) is 0 Å². The van der Waals surface area contributed by atoms with Crippen LogP contribution in [-0.4, -0.2) is 34.3 Å². The molecule has 0 heterocycles. The molecule has 1 N–H and O–H groups in total. The molecule has 0 saturated carbocycles. The second-order valence-corrected chi connectivity index (χ2v) is 7.05. The molecular weight excluding hydrogens is 248 g/mol. The Labute approximate surface area is 110 Å². The van der Waals surface area contributed by atoms with Crippen molar-refractivity contribution in [1.82, 2.24) is 5.32 Å². The Morgan fingerprint density at radius 1 is 1.33 bits per heavy atom. The summed E-state index contributed by atoms with van der Waals surface area (Å²) in [6.07, 6.45) is 0. The summed E-state index contributed by atoms with van der Waals surface area (Å²) in [6.45, 7) is 6.08. The van der Waals surface area contributed by atoms with Crippen LogP contribution >= 0.6 is 0 Å². The van der Waals surface area contributed by atoms with E-state index in [1.807, 2.05) is 32.0 Å². The Morgan fingerprint density at radius 3 is 2.44 bits per heavy atom. The zero-order valence-electron chi connectivity index (χ0n) is 11.7. The fourth-order valence-corrected chi connectivity index (χ4v) is 3.35. The first-order chi connectivity index (χ1) is 8.30. The predicted octanol–water partition coefficient (Wildman–Crippen LogP) is 1.68. The van der Waals surface area contributed by atoms with Crippen molar-refractivity contribution in [3.8, 4) is 0 Å². The van der Waals surface area contributed by atoms with Crippen LogP contribution < -0.4 is 9.62 Å². The molecule has 0 saturated heterocycles. The van der Waals surface area contributed by atoms with Gasteiger partial charge < -0.3 is 5.32 Å². The van der Waals surface area contributed by atoms with Gasteiger partial charge in [0.15, 0.2) is 0 Å². The summed E-state index contributed by atoms with van der Waals surface area (Å²) in [7, 11) is 0.0447. The highest BCUT2D eigenvalue weighted by Gasteiger charge is 2.26. The summed E-state index contributed by atoms with van der Waals surface area (Å²) in [4.78, 5) is 0. The molecule has 102 valence electrons. The van der Waals surface area contributed by atoms with Gasteiger partial charge in [-0.2, -0.15) is 0 Å². The lowest BCUT2D eigenvalue weighted by molar-refractivity contribution is 0.576. The van der Waals surface area contributed by atoms with Gasteiger partial charge in [-0.25, -0.2) is 8.42 Å². The van der Waals surface area contributed by atoms with Crippen LogP contribution in [0.5, 0.6) is 0 Å². The maximum absolute atomic E-state index is 12.3. The van der Waals surface area contributed by atoms with E-state index in [4.69, 9.17) is 0 Å². The smallest absolute Gasteiger partial charge is 0.238 e. The van der Waals surface area contributed by atoms with Crippen LogP contribution in [0.2, 0.25) is 0 Å². The Hall–Kier alpha value is -1.07. The molecule has 18 heavy (non-hydrogen) atoms. The normalized spacial score (nSPS) is 13.4. The lowest BCUT2D eigenvalue weighted by Gasteiger charge is -2.25. The second kappa shape index (κ2) is 5.71. The van der Waals surface area contributed by atoms with Crippen LogP contribution in [0.4, 0.5) is 5.69 Å². The number of anilines is 1. The topological polar surface area (TPSA) is 49.4 Å². The van der Waals surface area contributed by atoms with Crippen molar-refractivity contribution in [2.24, 2.45) is 0 Å². The molecule has 1 aromatic carbocycles. The van der Waals surface area contributed by atoms with Gasteiger partial charge in [0.25, 0.3) is 0 Å². The molecule has 0 aromatic heterocycles. The summed E-state index contributed by atoms with van der Waals surface area (Å²) in [6, 6.07) is 5.77. The Morgan fingerprint density at radius 2 is 1.94 bits per heavy atom. The quantitative estimate of drug-likeness (QED) is 0.885. The van der Waals surface area contributed by atoms with Gasteiger partial charge in [0, 0.05) is 13.6 Å². The Kier molecular flexibility index (Phi) is 4.76. The van der Waals surface area contributed by atoms with E-state index in [1.54, 1.807) is 21.0 Å². The van der Waals surface area contributed by atoms with Gasteiger partial charge >= 0.3 is 0 Å². The van der Waals surface area contributed by atoms with Crippen molar-refractivity contribution in [2.75, 3.05) is 24.9 Å². The molecule has 1 aromatic rings. The molecule has 1 rings (SSSR count). The SMILES string of the molecule is CNCC(C)S(=O)(=O)N(C)c1ccc(C)cc1C. The van der Waals surface area contributed by atoms with Crippen LogP contribution in [0.15, 0.2) is 18.2 Å². The minimum Gasteiger partial charge on any atom is -0.318 e. The lowest BCUT2D eigenvalue weighted by atomic mass is 10.1.